The van der Waals surface area contributed by atoms with Gasteiger partial charge in [-0.1, -0.05) is 47.6 Å². The number of rotatable bonds is 5. The van der Waals surface area contributed by atoms with Crippen LogP contribution in [-0.2, 0) is 0 Å². The number of fused-ring (bicyclic) bond motifs is 1. The number of amides is 1. The van der Waals surface area contributed by atoms with E-state index in [4.69, 9.17) is 4.52 Å². The Hall–Kier alpha value is -3.68. The minimum atomic E-state index is -2.71. The predicted molar refractivity (Wildman–Crippen MR) is 101 cm³/mol. The largest absolute Gasteiger partial charge is 0.346 e. The third-order valence-electron chi connectivity index (χ3n) is 4.31. The van der Waals surface area contributed by atoms with Crippen LogP contribution in [0.15, 0.2) is 65.2 Å². The van der Waals surface area contributed by atoms with E-state index in [0.29, 0.717) is 11.3 Å². The summed E-state index contributed by atoms with van der Waals surface area (Å²) in [6.45, 7) is -0.816. The van der Waals surface area contributed by atoms with Crippen LogP contribution in [0.4, 0.5) is 13.2 Å². The molecule has 8 heteroatoms. The SMILES string of the molecule is O=C(NCC(F)F)c1cc(-c2ccccc2F)nc2onc(-c3ccccc3)c12. The Morgan fingerprint density at radius 1 is 1.07 bits per heavy atom. The van der Waals surface area contributed by atoms with Gasteiger partial charge >= 0.3 is 0 Å². The maximum absolute atomic E-state index is 14.2. The van der Waals surface area contributed by atoms with E-state index in [1.165, 1.54) is 24.3 Å². The van der Waals surface area contributed by atoms with Crippen molar-refractivity contribution in [3.63, 3.8) is 0 Å². The number of hydrogen-bond acceptors (Lipinski definition) is 4. The summed E-state index contributed by atoms with van der Waals surface area (Å²) >= 11 is 0. The van der Waals surface area contributed by atoms with E-state index < -0.39 is 24.7 Å². The Bertz CT molecular complexity index is 1180. The van der Waals surface area contributed by atoms with Gasteiger partial charge in [0.25, 0.3) is 18.0 Å². The van der Waals surface area contributed by atoms with Crippen molar-refractivity contribution < 1.29 is 22.5 Å². The lowest BCUT2D eigenvalue weighted by atomic mass is 10.0. The van der Waals surface area contributed by atoms with Crippen LogP contribution in [0.1, 0.15) is 10.4 Å². The molecule has 0 atom stereocenters. The molecular formula is C21H14F3N3O2. The van der Waals surface area contributed by atoms with Gasteiger partial charge in [-0.15, -0.1) is 0 Å². The van der Waals surface area contributed by atoms with Crippen molar-refractivity contribution in [3.05, 3.63) is 72.0 Å². The first-order valence-corrected chi connectivity index (χ1v) is 8.71. The summed E-state index contributed by atoms with van der Waals surface area (Å²) in [5.41, 5.74) is 1.31. The third-order valence-corrected chi connectivity index (χ3v) is 4.31. The fourth-order valence-electron chi connectivity index (χ4n) is 3.00. The number of benzene rings is 2. The number of aromatic nitrogens is 2. The summed E-state index contributed by atoms with van der Waals surface area (Å²) in [5, 5.41) is 6.44. The zero-order valence-corrected chi connectivity index (χ0v) is 14.9. The molecule has 0 aliphatic heterocycles. The Labute approximate surface area is 163 Å². The first-order valence-electron chi connectivity index (χ1n) is 8.71. The lowest BCUT2D eigenvalue weighted by molar-refractivity contribution is 0.0893. The van der Waals surface area contributed by atoms with Crippen molar-refractivity contribution in [2.75, 3.05) is 6.54 Å². The van der Waals surface area contributed by atoms with E-state index in [9.17, 15) is 18.0 Å². The van der Waals surface area contributed by atoms with Crippen molar-refractivity contribution in [1.29, 1.82) is 0 Å². The molecule has 2 heterocycles. The van der Waals surface area contributed by atoms with Crippen LogP contribution < -0.4 is 5.32 Å². The second-order valence-corrected chi connectivity index (χ2v) is 6.21. The Morgan fingerprint density at radius 2 is 1.79 bits per heavy atom. The number of carbonyl (C=O) groups excluding carboxylic acids is 1. The molecule has 2 aromatic carbocycles. The molecular weight excluding hydrogens is 383 g/mol. The molecule has 0 bridgehead atoms. The van der Waals surface area contributed by atoms with Gasteiger partial charge in [-0.25, -0.2) is 18.2 Å². The summed E-state index contributed by atoms with van der Waals surface area (Å²) in [5.74, 6) is -1.29. The maximum Gasteiger partial charge on any atom is 0.259 e. The molecule has 0 saturated heterocycles. The van der Waals surface area contributed by atoms with Crippen molar-refractivity contribution in [1.82, 2.24) is 15.5 Å². The number of pyridine rings is 1. The smallest absolute Gasteiger partial charge is 0.259 e. The minimum Gasteiger partial charge on any atom is -0.346 e. The predicted octanol–water partition coefficient (Wildman–Crippen LogP) is 4.69. The summed E-state index contributed by atoms with van der Waals surface area (Å²) in [4.78, 5) is 17.0. The lowest BCUT2D eigenvalue weighted by Gasteiger charge is -2.09. The van der Waals surface area contributed by atoms with Crippen molar-refractivity contribution in [3.8, 4) is 22.5 Å². The number of alkyl halides is 2. The maximum atomic E-state index is 14.2. The Morgan fingerprint density at radius 3 is 2.52 bits per heavy atom. The normalized spacial score (nSPS) is 11.2. The fraction of sp³-hybridized carbons (Fsp3) is 0.0952. The first-order chi connectivity index (χ1) is 14.0. The monoisotopic (exact) mass is 397 g/mol. The Kier molecular flexibility index (Phi) is 4.99. The van der Waals surface area contributed by atoms with Gasteiger partial charge in [-0.05, 0) is 18.2 Å². The van der Waals surface area contributed by atoms with E-state index >= 15 is 0 Å². The zero-order chi connectivity index (χ0) is 20.4. The van der Waals surface area contributed by atoms with Gasteiger partial charge in [0.1, 0.15) is 11.5 Å². The van der Waals surface area contributed by atoms with E-state index in [-0.39, 0.29) is 27.9 Å². The van der Waals surface area contributed by atoms with Crippen LogP contribution in [0, 0.1) is 5.82 Å². The quantitative estimate of drug-likeness (QED) is 0.531. The average molecular weight is 397 g/mol. The molecule has 1 N–H and O–H groups in total. The van der Waals surface area contributed by atoms with Gasteiger partial charge < -0.3 is 9.84 Å². The van der Waals surface area contributed by atoms with Crippen LogP contribution in [0.2, 0.25) is 0 Å². The van der Waals surface area contributed by atoms with Crippen LogP contribution in [0.25, 0.3) is 33.6 Å². The summed E-state index contributed by atoms with van der Waals surface area (Å²) in [6.07, 6.45) is -2.71. The molecule has 146 valence electrons. The summed E-state index contributed by atoms with van der Waals surface area (Å²) < 4.78 is 44.8. The topological polar surface area (TPSA) is 68.0 Å². The number of carbonyl (C=O) groups is 1. The Balaban J connectivity index is 1.92. The highest BCUT2D eigenvalue weighted by atomic mass is 19.3. The van der Waals surface area contributed by atoms with Crippen LogP contribution >= 0.6 is 0 Å². The highest BCUT2D eigenvalue weighted by Crippen LogP contribution is 2.33. The highest BCUT2D eigenvalue weighted by molar-refractivity contribution is 6.10. The van der Waals surface area contributed by atoms with Crippen molar-refractivity contribution in [2.24, 2.45) is 0 Å². The van der Waals surface area contributed by atoms with Gasteiger partial charge in [0.15, 0.2) is 0 Å². The highest BCUT2D eigenvalue weighted by Gasteiger charge is 2.23. The molecule has 0 radical (unpaired) electrons. The summed E-state index contributed by atoms with van der Waals surface area (Å²) in [6, 6.07) is 16.2. The van der Waals surface area contributed by atoms with E-state index in [1.807, 2.05) is 6.07 Å². The molecule has 0 spiro atoms. The summed E-state index contributed by atoms with van der Waals surface area (Å²) in [7, 11) is 0. The molecule has 4 rings (SSSR count). The van der Waals surface area contributed by atoms with Crippen LogP contribution in [-0.4, -0.2) is 29.0 Å². The van der Waals surface area contributed by atoms with E-state index in [0.717, 1.165) is 0 Å². The molecule has 1 amide bonds. The van der Waals surface area contributed by atoms with Crippen molar-refractivity contribution in [2.45, 2.75) is 6.43 Å². The number of nitrogens with one attached hydrogen (secondary N) is 1. The average Bonchev–Trinajstić information content (AvgIpc) is 3.16. The molecule has 29 heavy (non-hydrogen) atoms. The number of nitrogens with zero attached hydrogens (tertiary/aromatic N) is 2. The molecule has 4 aromatic rings. The van der Waals surface area contributed by atoms with Crippen LogP contribution in [0.5, 0.6) is 0 Å². The molecule has 0 fully saturated rings. The second kappa shape index (κ2) is 7.75. The molecule has 5 nitrogen and oxygen atoms in total. The van der Waals surface area contributed by atoms with E-state index in [1.54, 1.807) is 30.3 Å². The second-order valence-electron chi connectivity index (χ2n) is 6.21. The molecule has 0 saturated carbocycles. The lowest BCUT2D eigenvalue weighted by Crippen LogP contribution is -2.28. The molecule has 2 aromatic heterocycles. The van der Waals surface area contributed by atoms with Crippen LogP contribution in [0.3, 0.4) is 0 Å². The van der Waals surface area contributed by atoms with E-state index in [2.05, 4.69) is 15.5 Å². The first kappa shape index (κ1) is 18.7. The van der Waals surface area contributed by atoms with Gasteiger partial charge in [-0.3, -0.25) is 4.79 Å². The van der Waals surface area contributed by atoms with Gasteiger partial charge in [0.05, 0.1) is 23.2 Å². The standard InChI is InChI=1S/C21H14F3N3O2/c22-15-9-5-4-8-13(15)16-10-14(20(28)25-11-17(23)24)18-19(27-29-21(18)26-16)12-6-2-1-3-7-12/h1-10,17H,11H2,(H,25,28). The van der Waals surface area contributed by atoms with Gasteiger partial charge in [0, 0.05) is 11.1 Å². The third kappa shape index (κ3) is 3.69. The van der Waals surface area contributed by atoms with Crippen molar-refractivity contribution >= 4 is 17.0 Å². The number of hydrogen-bond donors (Lipinski definition) is 1. The minimum absolute atomic E-state index is 0.00630. The van der Waals surface area contributed by atoms with Gasteiger partial charge in [-0.2, -0.15) is 0 Å². The molecule has 0 aliphatic rings. The molecule has 0 aliphatic carbocycles. The van der Waals surface area contributed by atoms with Gasteiger partial charge in [0.2, 0.25) is 0 Å². The molecule has 0 unspecified atom stereocenters. The zero-order valence-electron chi connectivity index (χ0n) is 14.9. The number of halogens is 3. The fourth-order valence-corrected chi connectivity index (χ4v) is 3.00.